The Kier molecular flexibility index (Phi) is 2.65. The first-order chi connectivity index (χ1) is 8.78. The summed E-state index contributed by atoms with van der Waals surface area (Å²) in [6, 6.07) is 14.5. The third kappa shape index (κ3) is 1.81. The van der Waals surface area contributed by atoms with Gasteiger partial charge in [0.25, 0.3) is 0 Å². The molecule has 89 valence electrons. The monoisotopic (exact) mass is 236 g/mol. The molecule has 0 amide bonds. The maximum atomic E-state index is 5.67. The highest BCUT2D eigenvalue weighted by atomic mass is 16.3. The first kappa shape index (κ1) is 11.1. The molecule has 18 heavy (non-hydrogen) atoms. The average molecular weight is 236 g/mol. The lowest BCUT2D eigenvalue weighted by molar-refractivity contribution is 0.603. The van der Waals surface area contributed by atoms with Gasteiger partial charge in [-0.05, 0) is 35.7 Å². The first-order valence-electron chi connectivity index (χ1n) is 5.98. The lowest BCUT2D eigenvalue weighted by Crippen LogP contribution is -1.95. The van der Waals surface area contributed by atoms with E-state index in [2.05, 4.69) is 36.6 Å². The molecule has 1 aromatic heterocycles. The summed E-state index contributed by atoms with van der Waals surface area (Å²) in [5.74, 6) is 0. The van der Waals surface area contributed by atoms with E-state index >= 15 is 0 Å². The second-order valence-electron chi connectivity index (χ2n) is 4.44. The summed E-state index contributed by atoms with van der Waals surface area (Å²) in [6.45, 7) is 2.56. The Hall–Kier alpha value is -2.06. The van der Waals surface area contributed by atoms with Gasteiger partial charge in [0.05, 0.1) is 0 Å². The summed E-state index contributed by atoms with van der Waals surface area (Å²) in [5, 5.41) is 1.12. The highest BCUT2D eigenvalue weighted by Gasteiger charge is 2.05. The fourth-order valence-electron chi connectivity index (χ4n) is 2.16. The van der Waals surface area contributed by atoms with E-state index in [9.17, 15) is 0 Å². The number of aryl methyl sites for hydroxylation is 1. The summed E-state index contributed by atoms with van der Waals surface area (Å²) in [6.07, 6.45) is 2.88. The third-order valence-electron chi connectivity index (χ3n) is 3.20. The van der Waals surface area contributed by atoms with Crippen LogP contribution < -0.4 is 5.73 Å². The average Bonchev–Trinajstić information content (AvgIpc) is 2.80. The molecule has 2 nitrogen and oxygen atoms in total. The minimum atomic E-state index is 0.559. The predicted octanol–water partition coefficient (Wildman–Crippen LogP) is 3.67. The molecular weight excluding hydrogens is 222 g/mol. The number of benzene rings is 2. The van der Waals surface area contributed by atoms with E-state index in [-0.39, 0.29) is 0 Å². The Balaban J connectivity index is 2.13. The lowest BCUT2D eigenvalue weighted by Gasteiger charge is -2.04. The van der Waals surface area contributed by atoms with Crippen LogP contribution in [0.3, 0.4) is 0 Å². The number of furan rings is 1. The summed E-state index contributed by atoms with van der Waals surface area (Å²) < 4.78 is 5.42. The topological polar surface area (TPSA) is 39.2 Å². The van der Waals surface area contributed by atoms with Crippen molar-refractivity contribution in [2.75, 3.05) is 0 Å². The third-order valence-corrected chi connectivity index (χ3v) is 3.20. The summed E-state index contributed by atoms with van der Waals surface area (Å²) >= 11 is 0. The van der Waals surface area contributed by atoms with Crippen molar-refractivity contribution in [3.63, 3.8) is 0 Å². The van der Waals surface area contributed by atoms with Gasteiger partial charge in [0.2, 0.25) is 0 Å². The van der Waals surface area contributed by atoms with Gasteiger partial charge in [-0.25, -0.2) is 0 Å². The van der Waals surface area contributed by atoms with E-state index in [0.29, 0.717) is 6.54 Å². The Morgan fingerprint density at radius 1 is 1.11 bits per heavy atom. The van der Waals surface area contributed by atoms with Crippen molar-refractivity contribution in [2.45, 2.75) is 13.5 Å². The van der Waals surface area contributed by atoms with E-state index in [4.69, 9.17) is 10.2 Å². The van der Waals surface area contributed by atoms with Gasteiger partial charge in [0, 0.05) is 17.5 Å². The normalized spacial score (nSPS) is 11.0. The number of rotatable bonds is 2. The molecule has 2 N–H and O–H groups in total. The number of nitrogens with two attached hydrogens (primary N) is 1. The predicted molar refractivity (Wildman–Crippen MR) is 73.1 cm³/mol. The highest BCUT2D eigenvalue weighted by molar-refractivity contribution is 5.85. The van der Waals surface area contributed by atoms with Crippen molar-refractivity contribution in [3.8, 4) is 11.1 Å². The van der Waals surface area contributed by atoms with Crippen LogP contribution in [0.25, 0.3) is 22.1 Å². The van der Waals surface area contributed by atoms with E-state index in [1.165, 1.54) is 0 Å². The van der Waals surface area contributed by atoms with Gasteiger partial charge in [-0.2, -0.15) is 0 Å². The second-order valence-corrected chi connectivity index (χ2v) is 4.44. The molecule has 0 fully saturated rings. The van der Waals surface area contributed by atoms with Crippen molar-refractivity contribution in [2.24, 2.45) is 5.73 Å². The summed E-state index contributed by atoms with van der Waals surface area (Å²) in [4.78, 5) is 0. The Morgan fingerprint density at radius 3 is 2.78 bits per heavy atom. The number of hydrogen-bond acceptors (Lipinski definition) is 2. The van der Waals surface area contributed by atoms with Gasteiger partial charge >= 0.3 is 0 Å². The number of fused-ring (bicyclic) bond motifs is 1. The van der Waals surface area contributed by atoms with Crippen LogP contribution in [0.2, 0.25) is 0 Å². The highest BCUT2D eigenvalue weighted by Crippen LogP contribution is 2.27. The van der Waals surface area contributed by atoms with Crippen LogP contribution in [0.1, 0.15) is 11.1 Å². The minimum Gasteiger partial charge on any atom is -0.452 e. The largest absolute Gasteiger partial charge is 0.452 e. The maximum Gasteiger partial charge on any atom is 0.173 e. The van der Waals surface area contributed by atoms with Gasteiger partial charge in [-0.1, -0.05) is 30.3 Å². The van der Waals surface area contributed by atoms with Crippen molar-refractivity contribution < 1.29 is 4.42 Å². The zero-order valence-electron chi connectivity index (χ0n) is 10.2. The molecule has 0 atom stereocenters. The van der Waals surface area contributed by atoms with Crippen LogP contribution >= 0.6 is 0 Å². The maximum absolute atomic E-state index is 5.67. The molecule has 0 unspecified atom stereocenters. The van der Waals surface area contributed by atoms with Crippen LogP contribution in [-0.4, -0.2) is 0 Å². The van der Waals surface area contributed by atoms with Crippen molar-refractivity contribution in [1.29, 1.82) is 0 Å². The molecule has 0 spiro atoms. The molecule has 3 aromatic rings. The van der Waals surface area contributed by atoms with Crippen LogP contribution in [0, 0.1) is 13.2 Å². The van der Waals surface area contributed by atoms with Crippen molar-refractivity contribution in [1.82, 2.24) is 0 Å². The van der Waals surface area contributed by atoms with Gasteiger partial charge in [-0.3, -0.25) is 0 Å². The van der Waals surface area contributed by atoms with E-state index in [1.54, 1.807) is 0 Å². The zero-order valence-corrected chi connectivity index (χ0v) is 10.2. The molecule has 2 aromatic carbocycles. The Morgan fingerprint density at radius 2 is 1.94 bits per heavy atom. The van der Waals surface area contributed by atoms with Crippen molar-refractivity contribution >= 4 is 11.0 Å². The molecule has 1 radical (unpaired) electrons. The van der Waals surface area contributed by atoms with Crippen LogP contribution in [-0.2, 0) is 6.54 Å². The van der Waals surface area contributed by atoms with E-state index in [1.807, 2.05) is 19.1 Å². The molecule has 0 aliphatic heterocycles. The second kappa shape index (κ2) is 4.31. The zero-order chi connectivity index (χ0) is 12.5. The Labute approximate surface area is 106 Å². The van der Waals surface area contributed by atoms with Gasteiger partial charge in [0.15, 0.2) is 6.26 Å². The molecule has 2 heteroatoms. The van der Waals surface area contributed by atoms with Crippen LogP contribution in [0.15, 0.2) is 46.9 Å². The fourth-order valence-corrected chi connectivity index (χ4v) is 2.16. The van der Waals surface area contributed by atoms with Crippen molar-refractivity contribution in [3.05, 3.63) is 59.9 Å². The number of hydrogen-bond donors (Lipinski definition) is 1. The lowest BCUT2D eigenvalue weighted by atomic mass is 10.0. The SMILES string of the molecule is Cc1[c]oc2cc(-c3cccc(CN)c3)ccc12. The van der Waals surface area contributed by atoms with Crippen LogP contribution in [0.4, 0.5) is 0 Å². The molecule has 0 aliphatic carbocycles. The van der Waals surface area contributed by atoms with Gasteiger partial charge < -0.3 is 10.2 Å². The molecule has 1 heterocycles. The smallest absolute Gasteiger partial charge is 0.173 e. The summed E-state index contributed by atoms with van der Waals surface area (Å²) in [7, 11) is 0. The standard InChI is InChI=1S/C16H14NO/c1-11-10-18-16-8-14(5-6-15(11)16)13-4-2-3-12(7-13)9-17/h2-8H,9,17H2,1H3. The molecule has 0 saturated heterocycles. The van der Waals surface area contributed by atoms with Crippen LogP contribution in [0.5, 0.6) is 0 Å². The minimum absolute atomic E-state index is 0.559. The Bertz CT molecular complexity index is 697. The van der Waals surface area contributed by atoms with E-state index < -0.39 is 0 Å². The quantitative estimate of drug-likeness (QED) is 0.737. The molecular formula is C16H14NO. The fraction of sp³-hybridized carbons (Fsp3) is 0.125. The first-order valence-corrected chi connectivity index (χ1v) is 5.98. The summed E-state index contributed by atoms with van der Waals surface area (Å²) in [5.41, 5.74) is 11.0. The molecule has 0 bridgehead atoms. The van der Waals surface area contributed by atoms with Gasteiger partial charge in [-0.15, -0.1) is 0 Å². The molecule has 0 aliphatic rings. The van der Waals surface area contributed by atoms with E-state index in [0.717, 1.165) is 33.2 Å². The molecule has 0 saturated carbocycles. The van der Waals surface area contributed by atoms with Gasteiger partial charge in [0.1, 0.15) is 5.58 Å². The molecule has 3 rings (SSSR count).